The number of sulfonamides is 1. The number of esters is 1. The molecule has 1 unspecified atom stereocenters. The lowest BCUT2D eigenvalue weighted by Crippen LogP contribution is -2.46. The molecule has 1 heterocycles. The van der Waals surface area contributed by atoms with Gasteiger partial charge >= 0.3 is 5.97 Å². The minimum Gasteiger partial charge on any atom is -0.465 e. The van der Waals surface area contributed by atoms with Gasteiger partial charge in [-0.25, -0.2) is 18.1 Å². The van der Waals surface area contributed by atoms with Gasteiger partial charge in [0.25, 0.3) is 5.91 Å². The van der Waals surface area contributed by atoms with E-state index in [1.54, 1.807) is 0 Å². The van der Waals surface area contributed by atoms with Crippen molar-refractivity contribution in [2.24, 2.45) is 0 Å². The minimum absolute atomic E-state index is 0.00617. The number of halogens is 1. The Kier molecular flexibility index (Phi) is 7.53. The zero-order chi connectivity index (χ0) is 25.9. The number of hydrogen-bond acceptors (Lipinski definition) is 6. The molecule has 0 radical (unpaired) electrons. The van der Waals surface area contributed by atoms with Crippen LogP contribution in [0.5, 0.6) is 0 Å². The van der Waals surface area contributed by atoms with Gasteiger partial charge in [-0.05, 0) is 60.5 Å². The van der Waals surface area contributed by atoms with E-state index in [0.29, 0.717) is 11.4 Å². The number of carbonyl (C=O) groups is 3. The third-order valence-corrected chi connectivity index (χ3v) is 8.08. The van der Waals surface area contributed by atoms with Gasteiger partial charge in [0.1, 0.15) is 6.04 Å². The molecule has 0 saturated carbocycles. The first-order valence-corrected chi connectivity index (χ1v) is 12.9. The fourth-order valence-electron chi connectivity index (χ4n) is 4.05. The SMILES string of the molecule is COC(=O)c1ccc(N2C(=O)CC(N(CCc3ccccc3)S(=O)(=O)c3ccc(Cl)cc3)C2=O)cc1. The Morgan fingerprint density at radius 2 is 1.64 bits per heavy atom. The molecule has 36 heavy (non-hydrogen) atoms. The number of ether oxygens (including phenoxy) is 1. The lowest BCUT2D eigenvalue weighted by molar-refractivity contribution is -0.122. The van der Waals surface area contributed by atoms with Crippen LogP contribution in [0.15, 0.2) is 83.8 Å². The van der Waals surface area contributed by atoms with E-state index in [1.165, 1.54) is 55.6 Å². The topological polar surface area (TPSA) is 101 Å². The molecule has 1 aliphatic rings. The van der Waals surface area contributed by atoms with Crippen LogP contribution in [-0.2, 0) is 30.8 Å². The lowest BCUT2D eigenvalue weighted by Gasteiger charge is -2.27. The summed E-state index contributed by atoms with van der Waals surface area (Å²) in [6, 6.07) is 19.5. The highest BCUT2D eigenvalue weighted by molar-refractivity contribution is 7.89. The van der Waals surface area contributed by atoms with Crippen molar-refractivity contribution in [1.82, 2.24) is 4.31 Å². The van der Waals surface area contributed by atoms with Crippen molar-refractivity contribution in [3.8, 4) is 0 Å². The van der Waals surface area contributed by atoms with E-state index in [9.17, 15) is 22.8 Å². The van der Waals surface area contributed by atoms with E-state index < -0.39 is 33.8 Å². The summed E-state index contributed by atoms with van der Waals surface area (Å²) in [5.74, 6) is -1.75. The third-order valence-electron chi connectivity index (χ3n) is 5.90. The van der Waals surface area contributed by atoms with E-state index in [0.717, 1.165) is 14.8 Å². The molecule has 2 amide bonds. The van der Waals surface area contributed by atoms with Gasteiger partial charge in [-0.2, -0.15) is 4.31 Å². The maximum atomic E-state index is 13.6. The van der Waals surface area contributed by atoms with E-state index in [1.807, 2.05) is 30.3 Å². The average Bonchev–Trinajstić information content (AvgIpc) is 3.17. The number of hydrogen-bond donors (Lipinski definition) is 0. The summed E-state index contributed by atoms with van der Waals surface area (Å²) in [6.07, 6.45) is 0.0403. The van der Waals surface area contributed by atoms with Crippen LogP contribution in [0.4, 0.5) is 5.69 Å². The molecule has 1 saturated heterocycles. The molecule has 0 N–H and O–H groups in total. The molecule has 186 valence electrons. The van der Waals surface area contributed by atoms with E-state index in [4.69, 9.17) is 11.6 Å². The summed E-state index contributed by atoms with van der Waals surface area (Å²) in [5, 5.41) is 0.374. The summed E-state index contributed by atoms with van der Waals surface area (Å²) < 4.78 is 33.1. The number of rotatable bonds is 8. The molecule has 3 aromatic rings. The van der Waals surface area contributed by atoms with Crippen molar-refractivity contribution in [1.29, 1.82) is 0 Å². The van der Waals surface area contributed by atoms with E-state index in [-0.39, 0.29) is 29.1 Å². The standard InChI is InChI=1S/C26H23ClN2O6S/c1-35-26(32)19-7-11-21(12-8-19)29-24(30)17-23(25(29)31)28(16-15-18-5-3-2-4-6-18)36(33,34)22-13-9-20(27)10-14-22/h2-14,23H,15-17H2,1H3. The quantitative estimate of drug-likeness (QED) is 0.328. The average molecular weight is 527 g/mol. The summed E-state index contributed by atoms with van der Waals surface area (Å²) in [7, 11) is -2.89. The highest BCUT2D eigenvalue weighted by atomic mass is 35.5. The molecule has 1 atom stereocenters. The molecular formula is C26H23ClN2O6S. The highest BCUT2D eigenvalue weighted by Gasteiger charge is 2.46. The number of benzene rings is 3. The van der Waals surface area contributed by atoms with Crippen LogP contribution >= 0.6 is 11.6 Å². The molecule has 1 aliphatic heterocycles. The van der Waals surface area contributed by atoms with E-state index >= 15 is 0 Å². The number of anilines is 1. The van der Waals surface area contributed by atoms with Crippen LogP contribution in [-0.4, -0.2) is 50.2 Å². The van der Waals surface area contributed by atoms with Gasteiger partial charge in [0.2, 0.25) is 15.9 Å². The molecule has 0 spiro atoms. The lowest BCUT2D eigenvalue weighted by atomic mass is 10.1. The van der Waals surface area contributed by atoms with Crippen molar-refractivity contribution >= 4 is 45.1 Å². The zero-order valence-corrected chi connectivity index (χ0v) is 20.9. The summed E-state index contributed by atoms with van der Waals surface area (Å²) >= 11 is 5.94. The van der Waals surface area contributed by atoms with Gasteiger partial charge in [0.05, 0.1) is 29.7 Å². The number of imide groups is 1. The molecule has 0 bridgehead atoms. The van der Waals surface area contributed by atoms with Crippen LogP contribution < -0.4 is 4.90 Å². The Labute approximate surface area is 214 Å². The van der Waals surface area contributed by atoms with Crippen molar-refractivity contribution in [2.45, 2.75) is 23.8 Å². The first-order valence-electron chi connectivity index (χ1n) is 11.1. The first-order chi connectivity index (χ1) is 17.2. The molecule has 0 aliphatic carbocycles. The van der Waals surface area contributed by atoms with Crippen LogP contribution in [0, 0.1) is 0 Å². The maximum Gasteiger partial charge on any atom is 0.337 e. The fourth-order valence-corrected chi connectivity index (χ4v) is 5.75. The van der Waals surface area contributed by atoms with Gasteiger partial charge in [0, 0.05) is 11.6 Å². The molecule has 1 fully saturated rings. The van der Waals surface area contributed by atoms with Gasteiger partial charge < -0.3 is 4.74 Å². The Hall–Kier alpha value is -3.53. The monoisotopic (exact) mass is 526 g/mol. The number of amides is 2. The zero-order valence-electron chi connectivity index (χ0n) is 19.3. The molecule has 0 aromatic heterocycles. The summed E-state index contributed by atoms with van der Waals surface area (Å²) in [6.45, 7) is -0.00617. The van der Waals surface area contributed by atoms with Crippen LogP contribution in [0.25, 0.3) is 0 Å². The van der Waals surface area contributed by atoms with Crippen LogP contribution in [0.2, 0.25) is 5.02 Å². The van der Waals surface area contributed by atoms with E-state index in [2.05, 4.69) is 4.74 Å². The number of nitrogens with zero attached hydrogens (tertiary/aromatic N) is 2. The van der Waals surface area contributed by atoms with Crippen molar-refractivity contribution < 1.29 is 27.5 Å². The van der Waals surface area contributed by atoms with Gasteiger partial charge in [-0.3, -0.25) is 9.59 Å². The predicted octanol–water partition coefficient (Wildman–Crippen LogP) is 3.69. The number of carbonyl (C=O) groups excluding carboxylic acids is 3. The fraction of sp³-hybridized carbons (Fsp3) is 0.192. The molecular weight excluding hydrogens is 504 g/mol. The first kappa shape index (κ1) is 25.6. The molecule has 10 heteroatoms. The second kappa shape index (κ2) is 10.6. The minimum atomic E-state index is -4.14. The van der Waals surface area contributed by atoms with Crippen LogP contribution in [0.1, 0.15) is 22.3 Å². The molecule has 4 rings (SSSR count). The molecule has 8 nitrogen and oxygen atoms in total. The van der Waals surface area contributed by atoms with Crippen molar-refractivity contribution in [3.05, 3.63) is 95.0 Å². The Morgan fingerprint density at radius 1 is 1.00 bits per heavy atom. The molecule has 3 aromatic carbocycles. The smallest absolute Gasteiger partial charge is 0.337 e. The Morgan fingerprint density at radius 3 is 2.25 bits per heavy atom. The van der Waals surface area contributed by atoms with Crippen LogP contribution in [0.3, 0.4) is 0 Å². The van der Waals surface area contributed by atoms with Gasteiger partial charge in [-0.1, -0.05) is 41.9 Å². The van der Waals surface area contributed by atoms with Crippen molar-refractivity contribution in [2.75, 3.05) is 18.6 Å². The summed E-state index contributed by atoms with van der Waals surface area (Å²) in [5.41, 5.74) is 1.39. The predicted molar refractivity (Wildman–Crippen MR) is 134 cm³/mol. The number of methoxy groups -OCH3 is 1. The second-order valence-corrected chi connectivity index (χ2v) is 10.5. The normalized spacial score (nSPS) is 16.0. The maximum absolute atomic E-state index is 13.6. The van der Waals surface area contributed by atoms with Crippen molar-refractivity contribution in [3.63, 3.8) is 0 Å². The Bertz CT molecular complexity index is 1380. The van der Waals surface area contributed by atoms with Gasteiger partial charge in [0.15, 0.2) is 0 Å². The van der Waals surface area contributed by atoms with Gasteiger partial charge in [-0.15, -0.1) is 0 Å². The largest absolute Gasteiger partial charge is 0.465 e. The second-order valence-electron chi connectivity index (χ2n) is 8.13. The Balaban J connectivity index is 1.66. The highest BCUT2D eigenvalue weighted by Crippen LogP contribution is 2.30. The third kappa shape index (κ3) is 5.18. The summed E-state index contributed by atoms with van der Waals surface area (Å²) in [4.78, 5) is 39.0.